The zero-order valence-electron chi connectivity index (χ0n) is 15.1. The van der Waals surface area contributed by atoms with Gasteiger partial charge in [-0.2, -0.15) is 0 Å². The molecule has 0 radical (unpaired) electrons. The summed E-state index contributed by atoms with van der Waals surface area (Å²) in [6.45, 7) is 3.13. The fraction of sp³-hybridized carbons (Fsp3) is 0.286. The highest BCUT2D eigenvalue weighted by Crippen LogP contribution is 2.29. The van der Waals surface area contributed by atoms with Crippen LogP contribution in [0.5, 0.6) is 0 Å². The number of fused-ring (bicyclic) bond motifs is 1. The second-order valence-electron chi connectivity index (χ2n) is 6.91. The maximum absolute atomic E-state index is 12.6. The molecule has 1 N–H and O–H groups in total. The van der Waals surface area contributed by atoms with Gasteiger partial charge >= 0.3 is 0 Å². The van der Waals surface area contributed by atoms with E-state index >= 15 is 0 Å². The van der Waals surface area contributed by atoms with Crippen LogP contribution in [0, 0.1) is 12.8 Å². The van der Waals surface area contributed by atoms with E-state index in [1.165, 1.54) is 16.9 Å². The molecule has 1 aliphatic rings. The van der Waals surface area contributed by atoms with Gasteiger partial charge in [0.2, 0.25) is 11.8 Å². The number of carbonyl (C=O) groups is 2. The van der Waals surface area contributed by atoms with Gasteiger partial charge in [0.1, 0.15) is 0 Å². The Hall–Kier alpha value is -2.73. The Morgan fingerprint density at radius 2 is 2.04 bits per heavy atom. The second kappa shape index (κ2) is 7.48. The first-order chi connectivity index (χ1) is 13.1. The van der Waals surface area contributed by atoms with Crippen LogP contribution in [-0.4, -0.2) is 34.8 Å². The van der Waals surface area contributed by atoms with Crippen molar-refractivity contribution in [2.75, 3.05) is 18.4 Å². The third-order valence-electron chi connectivity index (χ3n) is 4.95. The number of para-hydroxylation sites is 1. The quantitative estimate of drug-likeness (QED) is 0.736. The van der Waals surface area contributed by atoms with E-state index in [1.54, 1.807) is 4.90 Å². The van der Waals surface area contributed by atoms with E-state index in [0.717, 1.165) is 22.2 Å². The molecule has 3 aromatic rings. The smallest absolute Gasteiger partial charge is 0.231 e. The summed E-state index contributed by atoms with van der Waals surface area (Å²) in [5, 5.41) is 3.50. The molecule has 2 heterocycles. The molecule has 1 saturated heterocycles. The van der Waals surface area contributed by atoms with Crippen LogP contribution in [0.2, 0.25) is 0 Å². The lowest BCUT2D eigenvalue weighted by Gasteiger charge is -2.16. The topological polar surface area (TPSA) is 62.3 Å². The molecule has 5 nitrogen and oxygen atoms in total. The van der Waals surface area contributed by atoms with Gasteiger partial charge in [0.15, 0.2) is 5.13 Å². The number of hydrogen-bond acceptors (Lipinski definition) is 4. The molecule has 1 atom stereocenters. The molecular weight excluding hydrogens is 358 g/mol. The SMILES string of the molecule is Cc1cccc2sc(NC(=O)C3CC(=O)N(CCc4ccccc4)C3)nc12. The Labute approximate surface area is 162 Å². The third kappa shape index (κ3) is 3.85. The molecule has 0 aliphatic carbocycles. The van der Waals surface area contributed by atoms with Crippen molar-refractivity contribution in [2.45, 2.75) is 19.8 Å². The summed E-state index contributed by atoms with van der Waals surface area (Å²) in [6, 6.07) is 16.1. The Balaban J connectivity index is 1.37. The molecule has 1 fully saturated rings. The number of aryl methyl sites for hydroxylation is 1. The minimum Gasteiger partial charge on any atom is -0.342 e. The highest BCUT2D eigenvalue weighted by molar-refractivity contribution is 7.22. The van der Waals surface area contributed by atoms with Gasteiger partial charge in [-0.3, -0.25) is 9.59 Å². The number of anilines is 1. The van der Waals surface area contributed by atoms with Crippen LogP contribution in [0.25, 0.3) is 10.2 Å². The van der Waals surface area contributed by atoms with E-state index in [-0.39, 0.29) is 24.2 Å². The zero-order valence-corrected chi connectivity index (χ0v) is 16.0. The van der Waals surface area contributed by atoms with Crippen LogP contribution < -0.4 is 5.32 Å². The first kappa shape index (κ1) is 17.7. The summed E-state index contributed by atoms with van der Waals surface area (Å²) in [7, 11) is 0. The predicted octanol–water partition coefficient (Wildman–Crippen LogP) is 3.63. The largest absolute Gasteiger partial charge is 0.342 e. The summed E-state index contributed by atoms with van der Waals surface area (Å²) in [4.78, 5) is 31.2. The van der Waals surface area contributed by atoms with Crippen molar-refractivity contribution in [3.05, 3.63) is 59.7 Å². The molecule has 0 bridgehead atoms. The molecule has 1 unspecified atom stereocenters. The van der Waals surface area contributed by atoms with E-state index in [9.17, 15) is 9.59 Å². The highest BCUT2D eigenvalue weighted by atomic mass is 32.1. The number of nitrogens with zero attached hydrogens (tertiary/aromatic N) is 2. The average Bonchev–Trinajstić information content (AvgIpc) is 3.25. The van der Waals surface area contributed by atoms with Crippen LogP contribution in [0.1, 0.15) is 17.5 Å². The van der Waals surface area contributed by atoms with E-state index in [0.29, 0.717) is 18.2 Å². The predicted molar refractivity (Wildman–Crippen MR) is 108 cm³/mol. The van der Waals surface area contributed by atoms with Crippen molar-refractivity contribution in [3.63, 3.8) is 0 Å². The summed E-state index contributed by atoms with van der Waals surface area (Å²) in [5.41, 5.74) is 3.21. The highest BCUT2D eigenvalue weighted by Gasteiger charge is 2.34. The fourth-order valence-corrected chi connectivity index (χ4v) is 4.37. The van der Waals surface area contributed by atoms with Gasteiger partial charge in [0.05, 0.1) is 16.1 Å². The number of thiazole rings is 1. The van der Waals surface area contributed by atoms with E-state index in [1.807, 2.05) is 43.3 Å². The maximum atomic E-state index is 12.6. The lowest BCUT2D eigenvalue weighted by atomic mass is 10.1. The molecule has 27 heavy (non-hydrogen) atoms. The number of aromatic nitrogens is 1. The normalized spacial score (nSPS) is 16.9. The number of carbonyl (C=O) groups excluding carboxylic acids is 2. The molecule has 4 rings (SSSR count). The van der Waals surface area contributed by atoms with Crippen molar-refractivity contribution in [2.24, 2.45) is 5.92 Å². The molecule has 1 aromatic heterocycles. The standard InChI is InChI=1S/C21H21N3O2S/c1-14-6-5-9-17-19(14)22-21(27-17)23-20(26)16-12-18(25)24(13-16)11-10-15-7-3-2-4-8-15/h2-9,16H,10-13H2,1H3,(H,22,23,26). The summed E-state index contributed by atoms with van der Waals surface area (Å²) < 4.78 is 1.05. The third-order valence-corrected chi connectivity index (χ3v) is 5.89. The number of nitrogens with one attached hydrogen (secondary N) is 1. The van der Waals surface area contributed by atoms with Crippen molar-refractivity contribution < 1.29 is 9.59 Å². The molecule has 6 heteroatoms. The van der Waals surface area contributed by atoms with Gasteiger partial charge in [-0.05, 0) is 30.5 Å². The van der Waals surface area contributed by atoms with Gasteiger partial charge in [0.25, 0.3) is 0 Å². The van der Waals surface area contributed by atoms with E-state index in [4.69, 9.17) is 0 Å². The number of hydrogen-bond donors (Lipinski definition) is 1. The maximum Gasteiger partial charge on any atom is 0.231 e. The van der Waals surface area contributed by atoms with Crippen LogP contribution in [-0.2, 0) is 16.0 Å². The molecule has 0 saturated carbocycles. The second-order valence-corrected chi connectivity index (χ2v) is 7.94. The van der Waals surface area contributed by atoms with Crippen LogP contribution in [0.4, 0.5) is 5.13 Å². The first-order valence-electron chi connectivity index (χ1n) is 9.09. The summed E-state index contributed by atoms with van der Waals surface area (Å²) >= 11 is 1.47. The minimum atomic E-state index is -0.318. The number of benzene rings is 2. The van der Waals surface area contributed by atoms with Gasteiger partial charge in [-0.1, -0.05) is 53.8 Å². The minimum absolute atomic E-state index is 0.0474. The molecule has 1 aliphatic heterocycles. The lowest BCUT2D eigenvalue weighted by molar-refractivity contribution is -0.128. The first-order valence-corrected chi connectivity index (χ1v) is 9.90. The van der Waals surface area contributed by atoms with E-state index < -0.39 is 0 Å². The van der Waals surface area contributed by atoms with Crippen LogP contribution >= 0.6 is 11.3 Å². The number of amides is 2. The van der Waals surface area contributed by atoms with Crippen molar-refractivity contribution in [1.82, 2.24) is 9.88 Å². The lowest BCUT2D eigenvalue weighted by Crippen LogP contribution is -2.30. The molecular formula is C21H21N3O2S. The number of rotatable bonds is 5. The molecule has 2 aromatic carbocycles. The van der Waals surface area contributed by atoms with E-state index in [2.05, 4.69) is 22.4 Å². The summed E-state index contributed by atoms with van der Waals surface area (Å²) in [6.07, 6.45) is 1.07. The Morgan fingerprint density at radius 3 is 2.81 bits per heavy atom. The van der Waals surface area contributed by atoms with Crippen molar-refractivity contribution >= 4 is 38.5 Å². The molecule has 138 valence electrons. The van der Waals surface area contributed by atoms with Gasteiger partial charge < -0.3 is 10.2 Å². The van der Waals surface area contributed by atoms with Gasteiger partial charge in [-0.15, -0.1) is 0 Å². The van der Waals surface area contributed by atoms with Crippen LogP contribution in [0.3, 0.4) is 0 Å². The average molecular weight is 379 g/mol. The Morgan fingerprint density at radius 1 is 1.22 bits per heavy atom. The fourth-order valence-electron chi connectivity index (χ4n) is 3.42. The molecule has 0 spiro atoms. The van der Waals surface area contributed by atoms with Gasteiger partial charge in [0, 0.05) is 19.5 Å². The van der Waals surface area contributed by atoms with Crippen molar-refractivity contribution in [1.29, 1.82) is 0 Å². The van der Waals surface area contributed by atoms with Crippen LogP contribution in [0.15, 0.2) is 48.5 Å². The Kier molecular flexibility index (Phi) is 4.90. The monoisotopic (exact) mass is 379 g/mol. The number of likely N-dealkylation sites (tertiary alicyclic amines) is 1. The summed E-state index contributed by atoms with van der Waals surface area (Å²) in [5.74, 6) is -0.394. The Bertz CT molecular complexity index is 984. The zero-order chi connectivity index (χ0) is 18.8. The van der Waals surface area contributed by atoms with Gasteiger partial charge in [-0.25, -0.2) is 4.98 Å². The molecule has 2 amide bonds. The van der Waals surface area contributed by atoms with Crippen molar-refractivity contribution in [3.8, 4) is 0 Å².